The molecule has 19 heavy (non-hydrogen) atoms. The zero-order valence-electron chi connectivity index (χ0n) is 11.1. The molecule has 1 aromatic rings. The van der Waals surface area contributed by atoms with Crippen LogP contribution in [0.5, 0.6) is 0 Å². The van der Waals surface area contributed by atoms with Gasteiger partial charge in [0, 0.05) is 7.05 Å². The van der Waals surface area contributed by atoms with E-state index in [1.807, 2.05) is 11.9 Å². The normalized spacial score (nSPS) is 14.7. The fourth-order valence-corrected chi connectivity index (χ4v) is 2.25. The third-order valence-electron chi connectivity index (χ3n) is 3.21. The fraction of sp³-hybridized carbons (Fsp3) is 0.357. The van der Waals surface area contributed by atoms with Crippen molar-refractivity contribution in [3.05, 3.63) is 23.8 Å². The minimum absolute atomic E-state index is 0.142. The molecule has 0 atom stereocenters. The zero-order chi connectivity index (χ0) is 14.2. The lowest BCUT2D eigenvalue weighted by Gasteiger charge is -2.41. The Morgan fingerprint density at radius 3 is 2.53 bits per heavy atom. The van der Waals surface area contributed by atoms with Crippen molar-refractivity contribution in [1.29, 1.82) is 10.5 Å². The van der Waals surface area contributed by atoms with Gasteiger partial charge in [0.25, 0.3) is 0 Å². The summed E-state index contributed by atoms with van der Waals surface area (Å²) in [4.78, 5) is 15.5. The standard InChI is InChI=1S/C14H14N4O/c1-14(2,9-16)18-12-6-10(7-15)4-5-11(12)17(3)8-13(18)19/h4-6H,8H2,1-3H3. The molecule has 0 aromatic heterocycles. The van der Waals surface area contributed by atoms with Gasteiger partial charge in [-0.3, -0.25) is 9.69 Å². The Morgan fingerprint density at radius 2 is 1.95 bits per heavy atom. The van der Waals surface area contributed by atoms with Crippen molar-refractivity contribution in [2.75, 3.05) is 23.4 Å². The number of carbonyl (C=O) groups is 1. The molecule has 2 rings (SSSR count). The molecule has 96 valence electrons. The van der Waals surface area contributed by atoms with Crippen LogP contribution in [-0.2, 0) is 4.79 Å². The van der Waals surface area contributed by atoms with Crippen LogP contribution < -0.4 is 9.80 Å². The fourth-order valence-electron chi connectivity index (χ4n) is 2.25. The Balaban J connectivity index is 2.66. The highest BCUT2D eigenvalue weighted by Crippen LogP contribution is 2.37. The summed E-state index contributed by atoms with van der Waals surface area (Å²) < 4.78 is 0. The average molecular weight is 254 g/mol. The molecule has 0 radical (unpaired) electrons. The third kappa shape index (κ3) is 2.00. The van der Waals surface area contributed by atoms with E-state index in [0.717, 1.165) is 5.69 Å². The van der Waals surface area contributed by atoms with Crippen LogP contribution in [0.4, 0.5) is 11.4 Å². The molecule has 0 aliphatic carbocycles. The van der Waals surface area contributed by atoms with E-state index in [1.54, 1.807) is 32.0 Å². The second-order valence-corrected chi connectivity index (χ2v) is 5.07. The lowest BCUT2D eigenvalue weighted by atomic mass is 10.00. The zero-order valence-corrected chi connectivity index (χ0v) is 11.1. The van der Waals surface area contributed by atoms with Gasteiger partial charge in [-0.1, -0.05) is 0 Å². The maximum Gasteiger partial charge on any atom is 0.247 e. The number of benzene rings is 1. The van der Waals surface area contributed by atoms with Crippen LogP contribution in [0, 0.1) is 22.7 Å². The van der Waals surface area contributed by atoms with Gasteiger partial charge < -0.3 is 4.90 Å². The molecule has 1 aromatic carbocycles. The van der Waals surface area contributed by atoms with Crippen molar-refractivity contribution in [1.82, 2.24) is 0 Å². The van der Waals surface area contributed by atoms with Gasteiger partial charge in [0.2, 0.25) is 5.91 Å². The van der Waals surface area contributed by atoms with Gasteiger partial charge in [0.1, 0.15) is 5.54 Å². The van der Waals surface area contributed by atoms with E-state index >= 15 is 0 Å². The molecule has 1 aliphatic rings. The third-order valence-corrected chi connectivity index (χ3v) is 3.21. The summed E-state index contributed by atoms with van der Waals surface area (Å²) in [5, 5.41) is 18.2. The number of likely N-dealkylation sites (N-methyl/N-ethyl adjacent to an activating group) is 1. The Bertz CT molecular complexity index is 621. The van der Waals surface area contributed by atoms with Crippen LogP contribution in [-0.4, -0.2) is 25.0 Å². The van der Waals surface area contributed by atoms with Gasteiger partial charge >= 0.3 is 0 Å². The highest BCUT2D eigenvalue weighted by molar-refractivity contribution is 6.04. The second kappa shape index (κ2) is 4.29. The van der Waals surface area contributed by atoms with E-state index in [9.17, 15) is 10.1 Å². The first-order valence-electron chi connectivity index (χ1n) is 5.90. The summed E-state index contributed by atoms with van der Waals surface area (Å²) >= 11 is 0. The lowest BCUT2D eigenvalue weighted by molar-refractivity contribution is -0.118. The van der Waals surface area contributed by atoms with Crippen molar-refractivity contribution in [3.63, 3.8) is 0 Å². The van der Waals surface area contributed by atoms with Crippen molar-refractivity contribution >= 4 is 17.3 Å². The second-order valence-electron chi connectivity index (χ2n) is 5.07. The number of rotatable bonds is 1. The smallest absolute Gasteiger partial charge is 0.247 e. The molecule has 1 amide bonds. The van der Waals surface area contributed by atoms with E-state index in [0.29, 0.717) is 11.3 Å². The topological polar surface area (TPSA) is 71.1 Å². The molecule has 0 bridgehead atoms. The molecule has 0 saturated heterocycles. The molecular formula is C14H14N4O. The molecule has 5 heteroatoms. The first kappa shape index (κ1) is 12.9. The van der Waals surface area contributed by atoms with E-state index in [-0.39, 0.29) is 12.5 Å². The molecule has 1 aliphatic heterocycles. The van der Waals surface area contributed by atoms with Crippen LogP contribution in [0.15, 0.2) is 18.2 Å². The van der Waals surface area contributed by atoms with Crippen LogP contribution in [0.3, 0.4) is 0 Å². The average Bonchev–Trinajstić information content (AvgIpc) is 2.37. The quantitative estimate of drug-likeness (QED) is 0.763. The van der Waals surface area contributed by atoms with Crippen LogP contribution in [0.1, 0.15) is 19.4 Å². The number of carbonyl (C=O) groups excluding carboxylic acids is 1. The van der Waals surface area contributed by atoms with Crippen LogP contribution >= 0.6 is 0 Å². The van der Waals surface area contributed by atoms with Gasteiger partial charge in [-0.25, -0.2) is 0 Å². The predicted molar refractivity (Wildman–Crippen MR) is 71.6 cm³/mol. The summed E-state index contributed by atoms with van der Waals surface area (Å²) in [6.07, 6.45) is 0. The summed E-state index contributed by atoms with van der Waals surface area (Å²) in [5.41, 5.74) is 0.994. The molecule has 0 fully saturated rings. The predicted octanol–water partition coefficient (Wildman–Crippen LogP) is 1.64. The number of fused-ring (bicyclic) bond motifs is 1. The van der Waals surface area contributed by atoms with Gasteiger partial charge in [0.15, 0.2) is 0 Å². The maximum atomic E-state index is 12.2. The van der Waals surface area contributed by atoms with Crippen molar-refractivity contribution < 1.29 is 4.79 Å². The minimum atomic E-state index is -0.943. The largest absolute Gasteiger partial charge is 0.364 e. The van der Waals surface area contributed by atoms with Gasteiger partial charge in [-0.2, -0.15) is 10.5 Å². The highest BCUT2D eigenvalue weighted by Gasteiger charge is 2.37. The number of nitrogens with zero attached hydrogens (tertiary/aromatic N) is 4. The van der Waals surface area contributed by atoms with Crippen LogP contribution in [0.2, 0.25) is 0 Å². The Labute approximate surface area is 112 Å². The molecule has 0 spiro atoms. The monoisotopic (exact) mass is 254 g/mol. The summed E-state index contributed by atoms with van der Waals surface area (Å²) in [6.45, 7) is 3.61. The van der Waals surface area contributed by atoms with Gasteiger partial charge in [-0.15, -0.1) is 0 Å². The van der Waals surface area contributed by atoms with Crippen molar-refractivity contribution in [3.8, 4) is 12.1 Å². The van der Waals surface area contributed by atoms with Gasteiger partial charge in [0.05, 0.1) is 35.6 Å². The van der Waals surface area contributed by atoms with E-state index in [2.05, 4.69) is 12.1 Å². The summed E-state index contributed by atoms with van der Waals surface area (Å²) in [5.74, 6) is -0.142. The maximum absolute atomic E-state index is 12.2. The lowest BCUT2D eigenvalue weighted by Crippen LogP contribution is -2.53. The number of hydrogen-bond donors (Lipinski definition) is 0. The molecule has 0 saturated carbocycles. The Kier molecular flexibility index (Phi) is 2.92. The number of anilines is 2. The molecule has 0 unspecified atom stereocenters. The first-order valence-corrected chi connectivity index (χ1v) is 5.90. The SMILES string of the molecule is CN1CC(=O)N(C(C)(C)C#N)c2cc(C#N)ccc21. The van der Waals surface area contributed by atoms with E-state index < -0.39 is 5.54 Å². The molecule has 1 heterocycles. The molecule has 0 N–H and O–H groups in total. The summed E-state index contributed by atoms with van der Waals surface area (Å²) in [6, 6.07) is 9.37. The van der Waals surface area contributed by atoms with Crippen LogP contribution in [0.25, 0.3) is 0 Å². The van der Waals surface area contributed by atoms with E-state index in [1.165, 1.54) is 4.90 Å². The number of hydrogen-bond acceptors (Lipinski definition) is 4. The first-order chi connectivity index (χ1) is 8.90. The summed E-state index contributed by atoms with van der Waals surface area (Å²) in [7, 11) is 1.82. The Morgan fingerprint density at radius 1 is 1.26 bits per heavy atom. The Hall–Kier alpha value is -2.53. The van der Waals surface area contributed by atoms with Crippen molar-refractivity contribution in [2.24, 2.45) is 0 Å². The van der Waals surface area contributed by atoms with Gasteiger partial charge in [-0.05, 0) is 32.0 Å². The number of nitriles is 2. The minimum Gasteiger partial charge on any atom is -0.364 e. The van der Waals surface area contributed by atoms with E-state index in [4.69, 9.17) is 5.26 Å². The number of amides is 1. The molecule has 5 nitrogen and oxygen atoms in total. The van der Waals surface area contributed by atoms with Crippen molar-refractivity contribution in [2.45, 2.75) is 19.4 Å². The highest BCUT2D eigenvalue weighted by atomic mass is 16.2. The molecular weight excluding hydrogens is 240 g/mol.